The van der Waals surface area contributed by atoms with Crippen LogP contribution in [0.15, 0.2) is 36.4 Å². The van der Waals surface area contributed by atoms with Crippen LogP contribution in [-0.2, 0) is 20.6 Å². The van der Waals surface area contributed by atoms with E-state index in [9.17, 15) is 13.2 Å². The number of sulfonamides is 1. The Morgan fingerprint density at radius 3 is 2.29 bits per heavy atom. The molecule has 2 aromatic carbocycles. The molecule has 2 aliphatic rings. The number of carbonyl (C=O) groups excluding carboxylic acids is 1. The lowest BCUT2D eigenvalue weighted by Gasteiger charge is -2.40. The molecule has 0 saturated carbocycles. The van der Waals surface area contributed by atoms with Gasteiger partial charge in [0.15, 0.2) is 0 Å². The normalized spacial score (nSPS) is 19.9. The molecule has 0 radical (unpaired) electrons. The highest BCUT2D eigenvalue weighted by atomic mass is 35.5. The van der Waals surface area contributed by atoms with Crippen LogP contribution in [0, 0.1) is 19.8 Å². The molecule has 9 heteroatoms. The second-order valence-electron chi connectivity index (χ2n) is 9.18. The maximum Gasteiger partial charge on any atom is 0.227 e. The zero-order valence-corrected chi connectivity index (χ0v) is 22.0. The van der Waals surface area contributed by atoms with E-state index in [1.165, 1.54) is 21.1 Å². The summed E-state index contributed by atoms with van der Waals surface area (Å²) in [4.78, 5) is 17.5. The van der Waals surface area contributed by atoms with Crippen molar-refractivity contribution in [1.82, 2.24) is 9.21 Å². The van der Waals surface area contributed by atoms with Crippen LogP contribution in [0.3, 0.4) is 0 Å². The zero-order chi connectivity index (χ0) is 24.5. The molecular formula is C25H31Cl2N3O3S. The molecule has 0 unspecified atom stereocenters. The monoisotopic (exact) mass is 523 g/mol. The predicted molar refractivity (Wildman–Crippen MR) is 138 cm³/mol. The number of amides is 1. The summed E-state index contributed by atoms with van der Waals surface area (Å²) in [6, 6.07) is 11.3. The van der Waals surface area contributed by atoms with E-state index in [2.05, 4.69) is 36.9 Å². The minimum Gasteiger partial charge on any atom is -0.368 e. The van der Waals surface area contributed by atoms with Crippen LogP contribution in [0.1, 0.15) is 29.5 Å². The second kappa shape index (κ2) is 10.4. The molecule has 0 aromatic heterocycles. The quantitative estimate of drug-likeness (QED) is 0.578. The van der Waals surface area contributed by atoms with Gasteiger partial charge in [-0.1, -0.05) is 41.4 Å². The highest BCUT2D eigenvalue weighted by Gasteiger charge is 2.35. The first-order valence-electron chi connectivity index (χ1n) is 11.7. The first-order chi connectivity index (χ1) is 16.2. The Morgan fingerprint density at radius 2 is 1.62 bits per heavy atom. The molecule has 1 atom stereocenters. The van der Waals surface area contributed by atoms with Gasteiger partial charge in [-0.05, 0) is 56.0 Å². The number of anilines is 1. The molecule has 34 heavy (non-hydrogen) atoms. The molecule has 2 heterocycles. The highest BCUT2D eigenvalue weighted by molar-refractivity contribution is 7.88. The number of aryl methyl sites for hydroxylation is 1. The Hall–Kier alpha value is -1.80. The van der Waals surface area contributed by atoms with E-state index < -0.39 is 10.0 Å². The Bertz CT molecular complexity index is 1140. The van der Waals surface area contributed by atoms with Crippen LogP contribution in [0.5, 0.6) is 0 Å². The molecule has 0 N–H and O–H groups in total. The number of rotatable bonds is 5. The number of halogens is 2. The van der Waals surface area contributed by atoms with Crippen molar-refractivity contribution in [2.45, 2.75) is 32.4 Å². The van der Waals surface area contributed by atoms with Gasteiger partial charge in [-0.3, -0.25) is 4.79 Å². The Labute approximate surface area is 212 Å². The van der Waals surface area contributed by atoms with Crippen molar-refractivity contribution in [3.63, 3.8) is 0 Å². The Kier molecular flexibility index (Phi) is 7.77. The van der Waals surface area contributed by atoms with E-state index in [4.69, 9.17) is 23.2 Å². The summed E-state index contributed by atoms with van der Waals surface area (Å²) in [5.41, 5.74) is 4.16. The van der Waals surface area contributed by atoms with Crippen molar-refractivity contribution in [1.29, 1.82) is 0 Å². The van der Waals surface area contributed by atoms with Gasteiger partial charge in [0.25, 0.3) is 0 Å². The number of hydrogen-bond acceptors (Lipinski definition) is 4. The molecule has 2 saturated heterocycles. The first kappa shape index (κ1) is 25.3. The van der Waals surface area contributed by atoms with Crippen molar-refractivity contribution in [2.24, 2.45) is 5.92 Å². The van der Waals surface area contributed by atoms with E-state index >= 15 is 0 Å². The second-order valence-corrected chi connectivity index (χ2v) is 12.0. The van der Waals surface area contributed by atoms with Crippen LogP contribution >= 0.6 is 23.2 Å². The van der Waals surface area contributed by atoms with Gasteiger partial charge in [-0.25, -0.2) is 12.7 Å². The molecule has 2 fully saturated rings. The minimum absolute atomic E-state index is 0.0521. The van der Waals surface area contributed by atoms with Crippen molar-refractivity contribution >= 4 is 44.8 Å². The van der Waals surface area contributed by atoms with Gasteiger partial charge in [0.05, 0.1) is 11.7 Å². The minimum atomic E-state index is -3.65. The van der Waals surface area contributed by atoms with Gasteiger partial charge in [0.2, 0.25) is 15.9 Å². The van der Waals surface area contributed by atoms with Crippen molar-refractivity contribution in [3.8, 4) is 0 Å². The molecule has 2 aromatic rings. The lowest BCUT2D eigenvalue weighted by molar-refractivity contribution is -0.137. The van der Waals surface area contributed by atoms with Gasteiger partial charge in [0.1, 0.15) is 0 Å². The molecule has 1 amide bonds. The third-order valence-electron chi connectivity index (χ3n) is 7.02. The molecule has 2 aliphatic heterocycles. The van der Waals surface area contributed by atoms with Gasteiger partial charge in [-0.2, -0.15) is 0 Å². The third-order valence-corrected chi connectivity index (χ3v) is 9.50. The van der Waals surface area contributed by atoms with Gasteiger partial charge >= 0.3 is 0 Å². The zero-order valence-electron chi connectivity index (χ0n) is 19.6. The smallest absolute Gasteiger partial charge is 0.227 e. The summed E-state index contributed by atoms with van der Waals surface area (Å²) in [5, 5.41) is 0.671. The van der Waals surface area contributed by atoms with E-state index in [0.29, 0.717) is 48.1 Å². The fourth-order valence-corrected chi connectivity index (χ4v) is 7.21. The van der Waals surface area contributed by atoms with Crippen molar-refractivity contribution in [2.75, 3.05) is 44.2 Å². The van der Waals surface area contributed by atoms with Crippen molar-refractivity contribution < 1.29 is 13.2 Å². The van der Waals surface area contributed by atoms with Gasteiger partial charge < -0.3 is 9.80 Å². The Morgan fingerprint density at radius 1 is 0.971 bits per heavy atom. The van der Waals surface area contributed by atoms with E-state index in [-0.39, 0.29) is 24.1 Å². The number of piperidine rings is 1. The average Bonchev–Trinajstić information content (AvgIpc) is 2.83. The maximum absolute atomic E-state index is 13.3. The SMILES string of the molecule is Cc1cccc(N2CCN(C(=O)[C@H]3CCCN(S(=O)(=O)Cc4c(Cl)cccc4Cl)C3)CC2)c1C. The maximum atomic E-state index is 13.3. The van der Waals surface area contributed by atoms with Crippen LogP contribution < -0.4 is 4.90 Å². The number of benzene rings is 2. The van der Waals surface area contributed by atoms with E-state index in [0.717, 1.165) is 13.1 Å². The van der Waals surface area contributed by atoms with Crippen LogP contribution in [0.4, 0.5) is 5.69 Å². The number of carbonyl (C=O) groups is 1. The van der Waals surface area contributed by atoms with Gasteiger partial charge in [0, 0.05) is 60.6 Å². The fourth-order valence-electron chi connectivity index (χ4n) is 4.84. The summed E-state index contributed by atoms with van der Waals surface area (Å²) in [5.74, 6) is -0.533. The van der Waals surface area contributed by atoms with Gasteiger partial charge in [-0.15, -0.1) is 0 Å². The lowest BCUT2D eigenvalue weighted by atomic mass is 9.97. The molecule has 4 rings (SSSR count). The number of nitrogens with zero attached hydrogens (tertiary/aromatic N) is 3. The molecule has 6 nitrogen and oxygen atoms in total. The molecule has 0 bridgehead atoms. The summed E-state index contributed by atoms with van der Waals surface area (Å²) >= 11 is 12.4. The highest BCUT2D eigenvalue weighted by Crippen LogP contribution is 2.30. The summed E-state index contributed by atoms with van der Waals surface area (Å²) in [6.45, 7) is 7.70. The molecule has 0 aliphatic carbocycles. The summed E-state index contributed by atoms with van der Waals surface area (Å²) in [7, 11) is -3.65. The number of hydrogen-bond donors (Lipinski definition) is 0. The first-order valence-corrected chi connectivity index (χ1v) is 14.0. The molecular weight excluding hydrogens is 493 g/mol. The number of piperazine rings is 1. The fraction of sp³-hybridized carbons (Fsp3) is 0.480. The summed E-state index contributed by atoms with van der Waals surface area (Å²) in [6.07, 6.45) is 1.36. The summed E-state index contributed by atoms with van der Waals surface area (Å²) < 4.78 is 27.7. The topological polar surface area (TPSA) is 60.9 Å². The van der Waals surface area contributed by atoms with E-state index in [1.54, 1.807) is 18.2 Å². The lowest BCUT2D eigenvalue weighted by Crippen LogP contribution is -2.53. The molecule has 0 spiro atoms. The van der Waals surface area contributed by atoms with Crippen LogP contribution in [0.2, 0.25) is 10.0 Å². The van der Waals surface area contributed by atoms with Crippen molar-refractivity contribution in [3.05, 3.63) is 63.1 Å². The van der Waals surface area contributed by atoms with E-state index in [1.807, 2.05) is 4.90 Å². The van der Waals surface area contributed by atoms with Crippen LogP contribution in [-0.4, -0.2) is 62.8 Å². The average molecular weight is 525 g/mol. The molecule has 184 valence electrons. The predicted octanol–water partition coefficient (Wildman–Crippen LogP) is 4.50. The largest absolute Gasteiger partial charge is 0.368 e. The van der Waals surface area contributed by atoms with Crippen LogP contribution in [0.25, 0.3) is 0 Å². The Balaban J connectivity index is 1.38. The third kappa shape index (κ3) is 5.38. The standard InChI is InChI=1S/C25H31Cl2N3O3S/c1-18-6-3-10-24(19(18)2)28-12-14-29(15-13-28)25(31)20-7-5-11-30(16-20)34(32,33)17-21-22(26)8-4-9-23(21)27/h3-4,6,8-10,20H,5,7,11-17H2,1-2H3/t20-/m0/s1.